The van der Waals surface area contributed by atoms with Crippen molar-refractivity contribution in [3.8, 4) is 5.75 Å². The first-order valence-corrected chi connectivity index (χ1v) is 33.3. The first-order valence-electron chi connectivity index (χ1n) is 31.5. The Bertz CT molecular complexity index is 2220. The van der Waals surface area contributed by atoms with Gasteiger partial charge in [0.1, 0.15) is 5.75 Å². The van der Waals surface area contributed by atoms with Gasteiger partial charge in [0.25, 0.3) is 0 Å². The lowest BCUT2D eigenvalue weighted by Crippen LogP contribution is -2.51. The Morgan fingerprint density at radius 2 is 1.23 bits per heavy atom. The zero-order chi connectivity index (χ0) is 56.6. The van der Waals surface area contributed by atoms with Crippen LogP contribution < -0.4 is 4.52 Å². The molecule has 0 spiro atoms. The lowest BCUT2D eigenvalue weighted by atomic mass is 9.47. The van der Waals surface area contributed by atoms with Crippen LogP contribution in [0.3, 0.4) is 0 Å². The van der Waals surface area contributed by atoms with E-state index in [0.717, 1.165) is 92.1 Å². The van der Waals surface area contributed by atoms with Crippen LogP contribution in [0.15, 0.2) is 54.1 Å². The molecule has 0 bridgehead atoms. The molecule has 440 valence electrons. The normalized spacial score (nSPS) is 25.3. The molecule has 0 amide bonds. The SMILES string of the molecule is COC(=O)C(C)(C)Cc1cc(CCCCCCCCCCCCCCCCCOP(=O)(Oc2ccccc2Cl)O[C@H]2CC[C@@]3(C)C(=CCC4C5CCC(C(C)CCCC(C)C)[C@@]5(C)CCC43)C2)cc(CC(C)(C)C(=O)OC)c1. The fraction of sp³-hybridized carbons (Fsp3) is 0.765. The van der Waals surface area contributed by atoms with Crippen molar-refractivity contribution in [2.24, 2.45) is 57.2 Å². The van der Waals surface area contributed by atoms with Crippen molar-refractivity contribution >= 4 is 31.4 Å². The number of methoxy groups -OCH3 is 2. The van der Waals surface area contributed by atoms with Crippen LogP contribution in [-0.4, -0.2) is 38.9 Å². The summed E-state index contributed by atoms with van der Waals surface area (Å²) in [5.74, 6) is 4.70. The van der Waals surface area contributed by atoms with Crippen molar-refractivity contribution in [1.29, 1.82) is 0 Å². The van der Waals surface area contributed by atoms with Gasteiger partial charge >= 0.3 is 19.8 Å². The van der Waals surface area contributed by atoms with Crippen molar-refractivity contribution in [3.05, 3.63) is 75.8 Å². The van der Waals surface area contributed by atoms with Crippen molar-refractivity contribution in [2.75, 3.05) is 20.8 Å². The summed E-state index contributed by atoms with van der Waals surface area (Å²) < 4.78 is 43.6. The lowest BCUT2D eigenvalue weighted by Gasteiger charge is -2.58. The largest absolute Gasteiger partial charge is 0.530 e. The third-order valence-corrected chi connectivity index (χ3v) is 21.6. The van der Waals surface area contributed by atoms with Crippen molar-refractivity contribution in [2.45, 2.75) is 255 Å². The molecule has 3 fully saturated rings. The van der Waals surface area contributed by atoms with E-state index in [0.29, 0.717) is 41.6 Å². The maximum Gasteiger partial charge on any atom is 0.530 e. The average Bonchev–Trinajstić information content (AvgIpc) is 3.99. The molecule has 0 aromatic heterocycles. The third kappa shape index (κ3) is 17.9. The monoisotopic (exact) mass is 1120 g/mol. The molecule has 4 aliphatic rings. The van der Waals surface area contributed by atoms with Gasteiger partial charge in [0.05, 0.1) is 42.8 Å². The van der Waals surface area contributed by atoms with Gasteiger partial charge in [-0.25, -0.2) is 4.57 Å². The molecule has 4 aliphatic carbocycles. The van der Waals surface area contributed by atoms with E-state index in [-0.39, 0.29) is 23.5 Å². The Hall–Kier alpha value is -2.64. The van der Waals surface area contributed by atoms with Crippen LogP contribution in [0.4, 0.5) is 0 Å². The van der Waals surface area contributed by atoms with Crippen LogP contribution in [-0.2, 0) is 51.9 Å². The van der Waals surface area contributed by atoms with Crippen LogP contribution >= 0.6 is 19.4 Å². The van der Waals surface area contributed by atoms with Gasteiger partial charge < -0.3 is 14.0 Å². The molecule has 0 saturated heterocycles. The standard InChI is InChI=1S/C68H108ClO8P/c1-50(2)30-29-31-51(3)58-37-38-59-57-36-35-55-47-56(39-41-67(55,8)60(57)40-42-68(58,59)9)76-78(72,77-62-34-27-26-33-61(62)69)75-43-28-24-22-20-18-16-14-12-13-15-17-19-21-23-25-32-52-44-53(48-65(4,5)63(70)73-10)46-54(45-52)49-66(6,7)64(71)74-11/h26-27,33-35,44-46,50-51,56-60H,12-25,28-32,36-43,47-49H2,1-11H3/t51?,56-,57?,58?,59?,60?,67-,68+,78?/m0/s1. The van der Waals surface area contributed by atoms with E-state index < -0.39 is 18.7 Å². The predicted molar refractivity (Wildman–Crippen MR) is 322 cm³/mol. The molecule has 2 aromatic rings. The fourth-order valence-corrected chi connectivity index (χ4v) is 17.1. The van der Waals surface area contributed by atoms with Gasteiger partial charge in [-0.2, -0.15) is 0 Å². The maximum absolute atomic E-state index is 14.6. The molecule has 9 atom stereocenters. The van der Waals surface area contributed by atoms with Gasteiger partial charge in [-0.1, -0.05) is 191 Å². The molecule has 0 radical (unpaired) electrons. The van der Waals surface area contributed by atoms with Gasteiger partial charge in [0.2, 0.25) is 0 Å². The van der Waals surface area contributed by atoms with Crippen molar-refractivity contribution in [3.63, 3.8) is 0 Å². The zero-order valence-corrected chi connectivity index (χ0v) is 52.6. The summed E-state index contributed by atoms with van der Waals surface area (Å²) in [6.45, 7) is 20.6. The number of aryl methyl sites for hydroxylation is 1. The zero-order valence-electron chi connectivity index (χ0n) is 51.0. The summed E-state index contributed by atoms with van der Waals surface area (Å²) in [6, 6.07) is 13.8. The number of rotatable bonds is 34. The van der Waals surface area contributed by atoms with Gasteiger partial charge in [-0.05, 0) is 186 Å². The number of carbonyl (C=O) groups excluding carboxylic acids is 2. The summed E-state index contributed by atoms with van der Waals surface area (Å²) >= 11 is 6.54. The molecule has 3 saturated carbocycles. The number of allylic oxidation sites excluding steroid dienone is 1. The number of halogens is 1. The van der Waals surface area contributed by atoms with Gasteiger partial charge in [0.15, 0.2) is 0 Å². The number of para-hydroxylation sites is 1. The number of ether oxygens (including phenoxy) is 2. The lowest BCUT2D eigenvalue weighted by molar-refractivity contribution is -0.151. The quantitative estimate of drug-likeness (QED) is 0.0296. The van der Waals surface area contributed by atoms with E-state index in [1.165, 1.54) is 147 Å². The smallest absolute Gasteiger partial charge is 0.469 e. The van der Waals surface area contributed by atoms with Crippen LogP contribution in [0.2, 0.25) is 5.02 Å². The van der Waals surface area contributed by atoms with E-state index in [1.807, 2.05) is 39.8 Å². The van der Waals surface area contributed by atoms with Crippen LogP contribution in [0.1, 0.15) is 246 Å². The fourth-order valence-electron chi connectivity index (χ4n) is 15.5. The third-order valence-electron chi connectivity index (χ3n) is 19.8. The number of carbonyl (C=O) groups is 2. The first-order chi connectivity index (χ1) is 37.1. The second-order valence-electron chi connectivity index (χ2n) is 27.4. The molecule has 0 heterocycles. The van der Waals surface area contributed by atoms with E-state index in [2.05, 4.69) is 58.9 Å². The van der Waals surface area contributed by atoms with Crippen LogP contribution in [0.5, 0.6) is 5.75 Å². The molecule has 6 unspecified atom stereocenters. The number of hydrogen-bond acceptors (Lipinski definition) is 8. The number of phosphoric ester groups is 1. The van der Waals surface area contributed by atoms with Gasteiger partial charge in [-0.3, -0.25) is 18.6 Å². The molecule has 2 aromatic carbocycles. The maximum atomic E-state index is 14.6. The van der Waals surface area contributed by atoms with E-state index >= 15 is 0 Å². The highest BCUT2D eigenvalue weighted by Gasteiger charge is 2.59. The highest BCUT2D eigenvalue weighted by Crippen LogP contribution is 2.68. The van der Waals surface area contributed by atoms with Gasteiger partial charge in [-0.15, -0.1) is 0 Å². The molecule has 6 rings (SSSR count). The van der Waals surface area contributed by atoms with Crippen molar-refractivity contribution in [1.82, 2.24) is 0 Å². The molecule has 10 heteroatoms. The highest BCUT2D eigenvalue weighted by atomic mass is 35.5. The second kappa shape index (κ2) is 30.1. The van der Waals surface area contributed by atoms with E-state index in [1.54, 1.807) is 12.1 Å². The highest BCUT2D eigenvalue weighted by molar-refractivity contribution is 7.49. The Labute approximate surface area is 480 Å². The first kappa shape index (κ1) is 64.5. The summed E-state index contributed by atoms with van der Waals surface area (Å²) in [5, 5.41) is 0.405. The van der Waals surface area contributed by atoms with Gasteiger partial charge in [0, 0.05) is 0 Å². The second-order valence-corrected chi connectivity index (χ2v) is 29.3. The van der Waals surface area contributed by atoms with Crippen LogP contribution in [0, 0.1) is 57.2 Å². The molecule has 8 nitrogen and oxygen atoms in total. The Morgan fingerprint density at radius 3 is 1.79 bits per heavy atom. The Morgan fingerprint density at radius 1 is 0.679 bits per heavy atom. The summed E-state index contributed by atoms with van der Waals surface area (Å²) in [5.41, 5.74) is 4.36. The average molecular weight is 1120 g/mol. The number of hydrogen-bond donors (Lipinski definition) is 0. The molecule has 0 aliphatic heterocycles. The topological polar surface area (TPSA) is 97.4 Å². The minimum absolute atomic E-state index is 0.175. The minimum Gasteiger partial charge on any atom is -0.469 e. The molecular formula is C68H108ClO8P. The number of phosphoric acid groups is 1. The Kier molecular flexibility index (Phi) is 24.9. The summed E-state index contributed by atoms with van der Waals surface area (Å²) in [6.07, 6.45) is 36.2. The number of fused-ring (bicyclic) bond motifs is 5. The number of esters is 2. The van der Waals surface area contributed by atoms with E-state index in [4.69, 9.17) is 34.6 Å². The molecular weight excluding hydrogens is 1010 g/mol. The number of benzene rings is 2. The summed E-state index contributed by atoms with van der Waals surface area (Å²) in [7, 11) is -1.06. The molecule has 78 heavy (non-hydrogen) atoms. The minimum atomic E-state index is -3.95. The molecule has 0 N–H and O–H groups in total. The van der Waals surface area contributed by atoms with Crippen LogP contribution in [0.25, 0.3) is 0 Å². The summed E-state index contributed by atoms with van der Waals surface area (Å²) in [4.78, 5) is 25.0. The Balaban J connectivity index is 0.850. The predicted octanol–water partition coefficient (Wildman–Crippen LogP) is 19.8. The number of unbranched alkanes of at least 4 members (excludes halogenated alkanes) is 14. The van der Waals surface area contributed by atoms with Crippen molar-refractivity contribution < 1.29 is 37.2 Å². The van der Waals surface area contributed by atoms with E-state index in [9.17, 15) is 14.2 Å².